The van der Waals surface area contributed by atoms with Crippen LogP contribution >= 0.6 is 23.2 Å². The van der Waals surface area contributed by atoms with Gasteiger partial charge in [0.2, 0.25) is 0 Å². The van der Waals surface area contributed by atoms with Crippen molar-refractivity contribution in [3.63, 3.8) is 0 Å². The number of halogens is 2. The molecule has 134 valence electrons. The van der Waals surface area contributed by atoms with Gasteiger partial charge in [0.1, 0.15) is 10.3 Å². The van der Waals surface area contributed by atoms with E-state index in [0.29, 0.717) is 16.9 Å². The zero-order chi connectivity index (χ0) is 17.6. The summed E-state index contributed by atoms with van der Waals surface area (Å²) in [5.41, 5.74) is 2.02. The third-order valence-corrected chi connectivity index (χ3v) is 5.54. The highest BCUT2D eigenvalue weighted by Gasteiger charge is 2.26. The number of hydrogen-bond acceptors (Lipinski definition) is 3. The molecule has 5 heteroatoms. The van der Waals surface area contributed by atoms with E-state index < -0.39 is 0 Å². The van der Waals surface area contributed by atoms with Gasteiger partial charge in [0.25, 0.3) is 0 Å². The monoisotopic (exact) mass is 377 g/mol. The molecule has 0 aliphatic carbocycles. The molecule has 0 radical (unpaired) electrons. The summed E-state index contributed by atoms with van der Waals surface area (Å²) in [4.78, 5) is 8.99. The molecule has 0 saturated heterocycles. The van der Waals surface area contributed by atoms with Gasteiger partial charge in [-0.2, -0.15) is 0 Å². The quantitative estimate of drug-likeness (QED) is 0.422. The van der Waals surface area contributed by atoms with E-state index in [1.54, 1.807) is 0 Å². The van der Waals surface area contributed by atoms with Crippen molar-refractivity contribution in [3.8, 4) is 0 Å². The first-order valence-electron chi connectivity index (χ1n) is 9.09. The smallest absolute Gasteiger partial charge is 0.142 e. The van der Waals surface area contributed by atoms with Gasteiger partial charge in [-0.3, -0.25) is 4.98 Å². The van der Waals surface area contributed by atoms with Crippen molar-refractivity contribution in [3.05, 3.63) is 52.4 Å². The van der Waals surface area contributed by atoms with Gasteiger partial charge < -0.3 is 9.80 Å². The molecule has 3 rings (SSSR count). The molecule has 3 nitrogen and oxygen atoms in total. The van der Waals surface area contributed by atoms with E-state index in [2.05, 4.69) is 34.9 Å². The molecule has 0 N–H and O–H groups in total. The van der Waals surface area contributed by atoms with Crippen LogP contribution in [0.3, 0.4) is 0 Å². The minimum atomic E-state index is 0.630. The van der Waals surface area contributed by atoms with Gasteiger partial charge in [-0.25, -0.2) is 0 Å². The Labute approximate surface area is 160 Å². The second kappa shape index (κ2) is 8.77. The summed E-state index contributed by atoms with van der Waals surface area (Å²) in [5, 5.41) is 2.45. The molecule has 2 heterocycles. The number of para-hydroxylation sites is 1. The van der Waals surface area contributed by atoms with Crippen LogP contribution in [0.25, 0.3) is 10.9 Å². The van der Waals surface area contributed by atoms with Crippen LogP contribution in [-0.4, -0.2) is 28.0 Å². The van der Waals surface area contributed by atoms with Crippen LogP contribution in [0.15, 0.2) is 46.7 Å². The van der Waals surface area contributed by atoms with Crippen molar-refractivity contribution in [2.45, 2.75) is 45.6 Å². The van der Waals surface area contributed by atoms with Crippen LogP contribution in [0.5, 0.6) is 0 Å². The second-order valence-electron chi connectivity index (χ2n) is 6.59. The van der Waals surface area contributed by atoms with Crippen molar-refractivity contribution in [2.24, 2.45) is 0 Å². The summed E-state index contributed by atoms with van der Waals surface area (Å²) >= 11 is 12.9. The van der Waals surface area contributed by atoms with Crippen LogP contribution in [0.1, 0.15) is 44.7 Å². The molecule has 0 fully saturated rings. The number of pyridine rings is 1. The maximum Gasteiger partial charge on any atom is 0.142 e. The Morgan fingerprint density at radius 2 is 1.68 bits per heavy atom. The molecule has 0 bridgehead atoms. The molecule has 0 saturated carbocycles. The number of rotatable bonds is 8. The summed E-state index contributed by atoms with van der Waals surface area (Å²) in [7, 11) is 0. The highest BCUT2D eigenvalue weighted by molar-refractivity contribution is 6.38. The van der Waals surface area contributed by atoms with E-state index >= 15 is 0 Å². The summed E-state index contributed by atoms with van der Waals surface area (Å²) in [6, 6.07) is 12.3. The van der Waals surface area contributed by atoms with Crippen molar-refractivity contribution in [2.75, 3.05) is 13.2 Å². The topological polar surface area (TPSA) is 19.4 Å². The summed E-state index contributed by atoms with van der Waals surface area (Å²) in [6.45, 7) is 4.60. The fourth-order valence-corrected chi connectivity index (χ4v) is 3.67. The highest BCUT2D eigenvalue weighted by Crippen LogP contribution is 2.31. The average Bonchev–Trinajstić information content (AvgIpc) is 2.89. The second-order valence-corrected chi connectivity index (χ2v) is 7.31. The summed E-state index contributed by atoms with van der Waals surface area (Å²) < 4.78 is 0. The molecule has 1 aliphatic rings. The minimum absolute atomic E-state index is 0.630. The normalized spacial score (nSPS) is 14.8. The molecule has 0 unspecified atom stereocenters. The molecular weight excluding hydrogens is 353 g/mol. The Hall–Kier alpha value is -1.45. The SMILES string of the molecule is CCCCCCCN1CN(Cc2ccc3ccccc3n2)C(Cl)=C1Cl. The van der Waals surface area contributed by atoms with E-state index in [1.807, 2.05) is 18.2 Å². The number of nitrogens with zero attached hydrogens (tertiary/aromatic N) is 3. The lowest BCUT2D eigenvalue weighted by Gasteiger charge is -2.22. The van der Waals surface area contributed by atoms with Crippen LogP contribution in [0, 0.1) is 0 Å². The zero-order valence-electron chi connectivity index (χ0n) is 14.7. The number of unbranched alkanes of at least 4 members (excludes halogenated alkanes) is 4. The zero-order valence-corrected chi connectivity index (χ0v) is 16.2. The summed E-state index contributed by atoms with van der Waals surface area (Å²) in [5.74, 6) is 0. The Morgan fingerprint density at radius 1 is 0.920 bits per heavy atom. The Bertz CT molecular complexity index is 745. The number of hydrogen-bond donors (Lipinski definition) is 0. The molecule has 1 aromatic heterocycles. The number of aromatic nitrogens is 1. The molecule has 1 aliphatic heterocycles. The lowest BCUT2D eigenvalue weighted by molar-refractivity contribution is 0.247. The van der Waals surface area contributed by atoms with Gasteiger partial charge in [-0.05, 0) is 18.6 Å². The van der Waals surface area contributed by atoms with Crippen LogP contribution in [-0.2, 0) is 6.54 Å². The van der Waals surface area contributed by atoms with Crippen LogP contribution < -0.4 is 0 Å². The van der Waals surface area contributed by atoms with Crippen LogP contribution in [0.2, 0.25) is 0 Å². The van der Waals surface area contributed by atoms with Gasteiger partial charge in [0.05, 0.1) is 24.4 Å². The van der Waals surface area contributed by atoms with Crippen LogP contribution in [0.4, 0.5) is 0 Å². The molecular formula is C20H25Cl2N3. The van der Waals surface area contributed by atoms with Gasteiger partial charge >= 0.3 is 0 Å². The van der Waals surface area contributed by atoms with Gasteiger partial charge in [0.15, 0.2) is 0 Å². The summed E-state index contributed by atoms with van der Waals surface area (Å²) in [6.07, 6.45) is 6.28. The van der Waals surface area contributed by atoms with Gasteiger partial charge in [-0.15, -0.1) is 0 Å². The first-order chi connectivity index (χ1) is 12.2. The standard InChI is InChI=1S/C20H25Cl2N3/c1-2-3-4-5-8-13-24-15-25(20(22)19(24)21)14-17-12-11-16-9-6-7-10-18(16)23-17/h6-7,9-12H,2-5,8,13-15H2,1H3. The third-order valence-electron chi connectivity index (χ3n) is 4.61. The molecule has 1 aromatic carbocycles. The first kappa shape index (κ1) is 18.3. The molecule has 0 atom stereocenters. The van der Waals surface area contributed by atoms with Crippen molar-refractivity contribution in [1.29, 1.82) is 0 Å². The largest absolute Gasteiger partial charge is 0.342 e. The fourth-order valence-electron chi connectivity index (χ4n) is 3.18. The Kier molecular flexibility index (Phi) is 6.44. The highest BCUT2D eigenvalue weighted by atomic mass is 35.5. The van der Waals surface area contributed by atoms with Gasteiger partial charge in [0, 0.05) is 11.9 Å². The fraction of sp³-hybridized carbons (Fsp3) is 0.450. The van der Waals surface area contributed by atoms with E-state index in [0.717, 1.165) is 36.2 Å². The molecule has 0 amide bonds. The maximum atomic E-state index is 6.46. The first-order valence-corrected chi connectivity index (χ1v) is 9.84. The minimum Gasteiger partial charge on any atom is -0.342 e. The number of benzene rings is 1. The van der Waals surface area contributed by atoms with E-state index in [-0.39, 0.29) is 0 Å². The molecule has 0 spiro atoms. The Balaban J connectivity index is 1.59. The third kappa shape index (κ3) is 4.59. The lowest BCUT2D eigenvalue weighted by Crippen LogP contribution is -2.27. The van der Waals surface area contributed by atoms with Crippen molar-refractivity contribution < 1.29 is 0 Å². The predicted molar refractivity (Wildman–Crippen MR) is 106 cm³/mol. The predicted octanol–water partition coefficient (Wildman–Crippen LogP) is 5.88. The molecule has 25 heavy (non-hydrogen) atoms. The maximum absolute atomic E-state index is 6.46. The van der Waals surface area contributed by atoms with E-state index in [4.69, 9.17) is 28.2 Å². The number of fused-ring (bicyclic) bond motifs is 1. The Morgan fingerprint density at radius 3 is 2.52 bits per heavy atom. The van der Waals surface area contributed by atoms with Gasteiger partial charge in [-0.1, -0.05) is 80.1 Å². The average molecular weight is 378 g/mol. The van der Waals surface area contributed by atoms with E-state index in [9.17, 15) is 0 Å². The van der Waals surface area contributed by atoms with Crippen molar-refractivity contribution in [1.82, 2.24) is 14.8 Å². The van der Waals surface area contributed by atoms with Crippen molar-refractivity contribution >= 4 is 34.1 Å². The molecule has 2 aromatic rings. The lowest BCUT2D eigenvalue weighted by atomic mass is 10.1. The van der Waals surface area contributed by atoms with E-state index in [1.165, 1.54) is 25.7 Å².